The summed E-state index contributed by atoms with van der Waals surface area (Å²) < 4.78 is 5.02. The molecular formula is C12H16N2O3. The van der Waals surface area contributed by atoms with Crippen molar-refractivity contribution in [1.82, 2.24) is 5.32 Å². The van der Waals surface area contributed by atoms with Gasteiger partial charge in [0, 0.05) is 0 Å². The van der Waals surface area contributed by atoms with Crippen LogP contribution >= 0.6 is 0 Å². The molecule has 0 saturated heterocycles. The zero-order valence-corrected chi connectivity index (χ0v) is 9.88. The van der Waals surface area contributed by atoms with Crippen LogP contribution in [0.25, 0.3) is 0 Å². The molecule has 5 nitrogen and oxygen atoms in total. The number of rotatable bonds is 4. The van der Waals surface area contributed by atoms with Crippen molar-refractivity contribution in [3.05, 3.63) is 35.9 Å². The second-order valence-corrected chi connectivity index (χ2v) is 4.15. The van der Waals surface area contributed by atoms with Gasteiger partial charge in [-0.05, 0) is 19.4 Å². The molecule has 1 aromatic carbocycles. The van der Waals surface area contributed by atoms with Gasteiger partial charge in [0.15, 0.2) is 0 Å². The second kappa shape index (κ2) is 5.89. The first-order valence-electron chi connectivity index (χ1n) is 5.21. The number of oxime groups is 1. The molecule has 0 radical (unpaired) electrons. The van der Waals surface area contributed by atoms with Crippen LogP contribution in [0.4, 0.5) is 4.79 Å². The van der Waals surface area contributed by atoms with Crippen LogP contribution in [0.3, 0.4) is 0 Å². The quantitative estimate of drug-likeness (QED) is 0.478. The molecule has 5 heteroatoms. The number of nitrogens with zero attached hydrogens (tertiary/aromatic N) is 1. The Morgan fingerprint density at radius 1 is 1.47 bits per heavy atom. The summed E-state index contributed by atoms with van der Waals surface area (Å²) in [5.41, 5.74) is 0.166. The molecular weight excluding hydrogens is 220 g/mol. The average Bonchev–Trinajstić information content (AvgIpc) is 2.27. The fourth-order valence-corrected chi connectivity index (χ4v) is 1.20. The minimum atomic E-state index is -0.747. The fourth-order valence-electron chi connectivity index (χ4n) is 1.20. The first kappa shape index (κ1) is 13.0. The van der Waals surface area contributed by atoms with E-state index in [1.807, 2.05) is 30.3 Å². The van der Waals surface area contributed by atoms with E-state index in [4.69, 9.17) is 9.94 Å². The molecule has 0 spiro atoms. The van der Waals surface area contributed by atoms with Gasteiger partial charge >= 0.3 is 6.09 Å². The van der Waals surface area contributed by atoms with Gasteiger partial charge < -0.3 is 15.3 Å². The van der Waals surface area contributed by atoms with Crippen LogP contribution in [-0.4, -0.2) is 23.1 Å². The number of ether oxygens (including phenoxy) is 1. The Balaban J connectivity index is 2.41. The number of alkyl carbamates (subject to hydrolysis) is 1. The highest BCUT2D eigenvalue weighted by Gasteiger charge is 2.18. The summed E-state index contributed by atoms with van der Waals surface area (Å²) in [5.74, 6) is 0. The molecule has 0 bridgehead atoms. The Hall–Kier alpha value is -2.04. The number of hydrogen-bond acceptors (Lipinski definition) is 4. The minimum Gasteiger partial charge on any atom is -0.445 e. The van der Waals surface area contributed by atoms with Crippen LogP contribution < -0.4 is 5.32 Å². The van der Waals surface area contributed by atoms with Gasteiger partial charge in [0.2, 0.25) is 0 Å². The number of amides is 1. The summed E-state index contributed by atoms with van der Waals surface area (Å²) in [6.45, 7) is 3.59. The van der Waals surface area contributed by atoms with Crippen molar-refractivity contribution in [3.63, 3.8) is 0 Å². The molecule has 0 aromatic heterocycles. The SMILES string of the molecule is CC(C)(/C=N\O)NC(=O)OCc1ccccc1. The Kier molecular flexibility index (Phi) is 4.51. The summed E-state index contributed by atoms with van der Waals surface area (Å²) in [4.78, 5) is 11.4. The van der Waals surface area contributed by atoms with Gasteiger partial charge in [-0.3, -0.25) is 0 Å². The number of benzene rings is 1. The van der Waals surface area contributed by atoms with Gasteiger partial charge in [-0.2, -0.15) is 0 Å². The molecule has 0 atom stereocenters. The summed E-state index contributed by atoms with van der Waals surface area (Å²) in [5, 5.41) is 13.8. The van der Waals surface area contributed by atoms with Gasteiger partial charge in [0.05, 0.1) is 11.8 Å². The van der Waals surface area contributed by atoms with Crippen LogP contribution in [0, 0.1) is 0 Å². The maximum atomic E-state index is 11.4. The minimum absolute atomic E-state index is 0.207. The lowest BCUT2D eigenvalue weighted by molar-refractivity contribution is 0.134. The smallest absolute Gasteiger partial charge is 0.408 e. The largest absolute Gasteiger partial charge is 0.445 e. The monoisotopic (exact) mass is 236 g/mol. The third-order valence-electron chi connectivity index (χ3n) is 2.02. The fraction of sp³-hybridized carbons (Fsp3) is 0.333. The highest BCUT2D eigenvalue weighted by Crippen LogP contribution is 2.03. The summed E-state index contributed by atoms with van der Waals surface area (Å²) >= 11 is 0. The van der Waals surface area contributed by atoms with Crippen molar-refractivity contribution in [3.8, 4) is 0 Å². The highest BCUT2D eigenvalue weighted by atomic mass is 16.5. The predicted octanol–water partition coefficient (Wildman–Crippen LogP) is 2.15. The summed E-state index contributed by atoms with van der Waals surface area (Å²) in [7, 11) is 0. The van der Waals surface area contributed by atoms with Crippen LogP contribution in [0.5, 0.6) is 0 Å². The highest BCUT2D eigenvalue weighted by molar-refractivity contribution is 5.77. The van der Waals surface area contributed by atoms with E-state index in [0.717, 1.165) is 5.56 Å². The second-order valence-electron chi connectivity index (χ2n) is 4.15. The predicted molar refractivity (Wildman–Crippen MR) is 64.1 cm³/mol. The van der Waals surface area contributed by atoms with Gasteiger partial charge in [-0.15, -0.1) is 0 Å². The van der Waals surface area contributed by atoms with Crippen LogP contribution in [0.15, 0.2) is 35.5 Å². The normalized spacial score (nSPS) is 11.4. The maximum Gasteiger partial charge on any atom is 0.408 e. The molecule has 0 unspecified atom stereocenters. The lowest BCUT2D eigenvalue weighted by atomic mass is 10.1. The zero-order valence-electron chi connectivity index (χ0n) is 9.88. The van der Waals surface area contributed by atoms with Crippen molar-refractivity contribution >= 4 is 12.3 Å². The van der Waals surface area contributed by atoms with E-state index in [0.29, 0.717) is 0 Å². The Morgan fingerprint density at radius 3 is 2.71 bits per heavy atom. The maximum absolute atomic E-state index is 11.4. The first-order chi connectivity index (χ1) is 8.03. The van der Waals surface area contributed by atoms with Crippen LogP contribution in [0.2, 0.25) is 0 Å². The standard InChI is InChI=1S/C12H16N2O3/c1-12(2,9-13-16)14-11(15)17-8-10-6-4-3-5-7-10/h3-7,9,16H,8H2,1-2H3,(H,14,15)/b13-9-. The van der Waals surface area contributed by atoms with Gasteiger partial charge in [0.25, 0.3) is 0 Å². The van der Waals surface area contributed by atoms with Gasteiger partial charge in [-0.1, -0.05) is 35.5 Å². The van der Waals surface area contributed by atoms with Crippen molar-refractivity contribution in [1.29, 1.82) is 0 Å². The average molecular weight is 236 g/mol. The summed E-state index contributed by atoms with van der Waals surface area (Å²) in [6.07, 6.45) is 0.662. The van der Waals surface area contributed by atoms with E-state index in [2.05, 4.69) is 10.5 Å². The molecule has 92 valence electrons. The third-order valence-corrected chi connectivity index (χ3v) is 2.02. The third kappa shape index (κ3) is 5.01. The molecule has 0 heterocycles. The van der Waals surface area contributed by atoms with E-state index in [1.165, 1.54) is 6.21 Å². The van der Waals surface area contributed by atoms with Crippen molar-refractivity contribution in [2.24, 2.45) is 5.16 Å². The van der Waals surface area contributed by atoms with Crippen molar-refractivity contribution < 1.29 is 14.7 Å². The number of hydrogen-bond donors (Lipinski definition) is 2. The van der Waals surface area contributed by atoms with E-state index >= 15 is 0 Å². The van der Waals surface area contributed by atoms with Crippen LogP contribution in [-0.2, 0) is 11.3 Å². The summed E-state index contributed by atoms with van der Waals surface area (Å²) in [6, 6.07) is 9.38. The molecule has 1 aromatic rings. The molecule has 0 aliphatic carbocycles. The molecule has 0 fully saturated rings. The Morgan fingerprint density at radius 2 is 2.12 bits per heavy atom. The Labute approximate surface area is 100 Å². The van der Waals surface area contributed by atoms with E-state index in [-0.39, 0.29) is 6.61 Å². The first-order valence-corrected chi connectivity index (χ1v) is 5.21. The lowest BCUT2D eigenvalue weighted by Crippen LogP contribution is -2.44. The van der Waals surface area contributed by atoms with Crippen molar-refractivity contribution in [2.75, 3.05) is 0 Å². The van der Waals surface area contributed by atoms with E-state index < -0.39 is 11.6 Å². The molecule has 0 aliphatic rings. The number of nitrogens with one attached hydrogen (secondary N) is 1. The zero-order chi connectivity index (χ0) is 12.7. The topological polar surface area (TPSA) is 70.9 Å². The Bertz CT molecular complexity index is 388. The molecule has 0 saturated carbocycles. The molecule has 17 heavy (non-hydrogen) atoms. The lowest BCUT2D eigenvalue weighted by Gasteiger charge is -2.20. The molecule has 1 amide bonds. The van der Waals surface area contributed by atoms with Crippen molar-refractivity contribution in [2.45, 2.75) is 26.0 Å². The van der Waals surface area contributed by atoms with E-state index in [1.54, 1.807) is 13.8 Å². The number of carbonyl (C=O) groups is 1. The molecule has 0 aliphatic heterocycles. The van der Waals surface area contributed by atoms with Crippen LogP contribution in [0.1, 0.15) is 19.4 Å². The van der Waals surface area contributed by atoms with Gasteiger partial charge in [-0.25, -0.2) is 4.79 Å². The molecule has 2 N–H and O–H groups in total. The van der Waals surface area contributed by atoms with E-state index in [9.17, 15) is 4.79 Å². The number of carbonyl (C=O) groups excluding carboxylic acids is 1. The molecule has 1 rings (SSSR count). The van der Waals surface area contributed by atoms with Gasteiger partial charge in [0.1, 0.15) is 6.61 Å².